The fourth-order valence-electron chi connectivity index (χ4n) is 1.48. The maximum Gasteiger partial charge on any atom is 0.224 e. The molecule has 1 aliphatic carbocycles. The van der Waals surface area contributed by atoms with Crippen LogP contribution in [0, 0.1) is 0 Å². The van der Waals surface area contributed by atoms with Gasteiger partial charge < -0.3 is 9.47 Å². The molecule has 0 unspecified atom stereocenters. The molecule has 0 aromatic rings. The number of allylic oxidation sites excluding steroid dienone is 3. The summed E-state index contributed by atoms with van der Waals surface area (Å²) in [5.74, 6) is 1.29. The van der Waals surface area contributed by atoms with Crippen molar-refractivity contribution in [2.45, 2.75) is 6.42 Å². The molecule has 0 spiro atoms. The largest absolute Gasteiger partial charge is 0.480 e. The Morgan fingerprint density at radius 1 is 1.31 bits per heavy atom. The first kappa shape index (κ1) is 8.10. The summed E-state index contributed by atoms with van der Waals surface area (Å²) in [6.45, 7) is 0. The Bertz CT molecular complexity index is 348. The lowest BCUT2D eigenvalue weighted by atomic mass is 10.0. The van der Waals surface area contributed by atoms with E-state index in [1.54, 1.807) is 14.2 Å². The van der Waals surface area contributed by atoms with Crippen molar-refractivity contribution in [3.05, 3.63) is 35.3 Å². The van der Waals surface area contributed by atoms with Crippen LogP contribution < -0.4 is 0 Å². The molecule has 3 nitrogen and oxygen atoms in total. The zero-order valence-electron chi connectivity index (χ0n) is 7.70. The van der Waals surface area contributed by atoms with E-state index in [4.69, 9.17) is 9.47 Å². The molecule has 2 aliphatic rings. The molecule has 0 amide bonds. The highest BCUT2D eigenvalue weighted by molar-refractivity contribution is 6.02. The lowest BCUT2D eigenvalue weighted by Crippen LogP contribution is -2.03. The second-order valence-electron chi connectivity index (χ2n) is 2.80. The number of rotatable bonds is 1. The first-order chi connectivity index (χ1) is 6.36. The summed E-state index contributed by atoms with van der Waals surface area (Å²) in [4.78, 5) is 4.20. The highest BCUT2D eigenvalue weighted by atomic mass is 16.5. The summed E-state index contributed by atoms with van der Waals surface area (Å²) in [6, 6.07) is 0. The number of methoxy groups -OCH3 is 2. The molecule has 0 saturated heterocycles. The molecule has 1 heterocycles. The number of ether oxygens (including phenoxy) is 2. The van der Waals surface area contributed by atoms with Gasteiger partial charge in [0.05, 0.1) is 14.2 Å². The van der Waals surface area contributed by atoms with Crippen LogP contribution in [0.25, 0.3) is 0 Å². The minimum absolute atomic E-state index is 0.638. The van der Waals surface area contributed by atoms with E-state index in [9.17, 15) is 0 Å². The number of hydrogen-bond donors (Lipinski definition) is 0. The van der Waals surface area contributed by atoms with Crippen molar-refractivity contribution < 1.29 is 9.47 Å². The quantitative estimate of drug-likeness (QED) is 0.611. The summed E-state index contributed by atoms with van der Waals surface area (Å²) < 4.78 is 10.3. The maximum absolute atomic E-state index is 5.14. The van der Waals surface area contributed by atoms with Crippen LogP contribution in [0.5, 0.6) is 0 Å². The molecule has 68 valence electrons. The van der Waals surface area contributed by atoms with E-state index in [0.29, 0.717) is 11.8 Å². The van der Waals surface area contributed by atoms with Gasteiger partial charge in [-0.15, -0.1) is 0 Å². The van der Waals surface area contributed by atoms with Crippen molar-refractivity contribution in [3.63, 3.8) is 0 Å². The van der Waals surface area contributed by atoms with Crippen LogP contribution >= 0.6 is 0 Å². The van der Waals surface area contributed by atoms with Gasteiger partial charge in [-0.3, -0.25) is 0 Å². The Labute approximate surface area is 77.1 Å². The predicted molar refractivity (Wildman–Crippen MR) is 50.3 cm³/mol. The normalized spacial score (nSPS) is 19.5. The maximum atomic E-state index is 5.14. The van der Waals surface area contributed by atoms with Crippen LogP contribution in [0.3, 0.4) is 0 Å². The van der Waals surface area contributed by atoms with Gasteiger partial charge in [-0.25, -0.2) is 0 Å². The fourth-order valence-corrected chi connectivity index (χ4v) is 1.48. The summed E-state index contributed by atoms with van der Waals surface area (Å²) in [5, 5.41) is 0. The lowest BCUT2D eigenvalue weighted by Gasteiger charge is -2.06. The van der Waals surface area contributed by atoms with Crippen molar-refractivity contribution in [1.82, 2.24) is 0 Å². The summed E-state index contributed by atoms with van der Waals surface area (Å²) in [7, 11) is 3.23. The van der Waals surface area contributed by atoms with E-state index >= 15 is 0 Å². The van der Waals surface area contributed by atoms with Gasteiger partial charge in [0.25, 0.3) is 0 Å². The highest BCUT2D eigenvalue weighted by Gasteiger charge is 2.24. The Morgan fingerprint density at radius 2 is 2.15 bits per heavy atom. The van der Waals surface area contributed by atoms with Gasteiger partial charge in [-0.1, -0.05) is 18.2 Å². The average Bonchev–Trinajstić information content (AvgIpc) is 2.56. The molecule has 2 rings (SSSR count). The van der Waals surface area contributed by atoms with Crippen LogP contribution in [0.2, 0.25) is 0 Å². The zero-order valence-corrected chi connectivity index (χ0v) is 7.70. The van der Waals surface area contributed by atoms with E-state index in [-0.39, 0.29) is 0 Å². The molecule has 0 aromatic carbocycles. The SMILES string of the molecule is COC1=NC(OC)=C2C=CCC=C12. The second kappa shape index (κ2) is 3.09. The molecule has 1 aliphatic heterocycles. The first-order valence-corrected chi connectivity index (χ1v) is 4.15. The molecule has 0 bridgehead atoms. The minimum atomic E-state index is 0.638. The molecule has 0 N–H and O–H groups in total. The van der Waals surface area contributed by atoms with Gasteiger partial charge in [0, 0.05) is 11.1 Å². The third kappa shape index (κ3) is 1.16. The molecule has 3 heteroatoms. The van der Waals surface area contributed by atoms with Crippen LogP contribution in [-0.4, -0.2) is 20.1 Å². The smallest absolute Gasteiger partial charge is 0.224 e. The van der Waals surface area contributed by atoms with Crippen LogP contribution in [-0.2, 0) is 9.47 Å². The standard InChI is InChI=1S/C10H11NO2/c1-12-9-7-5-3-4-6-8(7)10(11-9)13-2/h3,5-6H,4H2,1-2H3. The Kier molecular flexibility index (Phi) is 1.93. The highest BCUT2D eigenvalue weighted by Crippen LogP contribution is 2.30. The van der Waals surface area contributed by atoms with E-state index in [0.717, 1.165) is 17.6 Å². The fraction of sp³-hybridized carbons (Fsp3) is 0.300. The molecular formula is C10H11NO2. The third-order valence-electron chi connectivity index (χ3n) is 2.08. The number of hydrogen-bond acceptors (Lipinski definition) is 3. The Morgan fingerprint density at radius 3 is 2.85 bits per heavy atom. The topological polar surface area (TPSA) is 30.8 Å². The van der Waals surface area contributed by atoms with Crippen molar-refractivity contribution >= 4 is 5.90 Å². The zero-order chi connectivity index (χ0) is 9.26. The second-order valence-corrected chi connectivity index (χ2v) is 2.80. The lowest BCUT2D eigenvalue weighted by molar-refractivity contribution is 0.285. The Hall–Kier alpha value is -1.51. The molecule has 0 aromatic heterocycles. The van der Waals surface area contributed by atoms with Gasteiger partial charge in [-0.05, 0) is 6.42 Å². The van der Waals surface area contributed by atoms with E-state index < -0.39 is 0 Å². The van der Waals surface area contributed by atoms with Gasteiger partial charge in [0.1, 0.15) is 0 Å². The predicted octanol–water partition coefficient (Wildman–Crippen LogP) is 1.79. The van der Waals surface area contributed by atoms with Gasteiger partial charge >= 0.3 is 0 Å². The Balaban J connectivity index is 2.43. The summed E-state index contributed by atoms with van der Waals surface area (Å²) >= 11 is 0. The van der Waals surface area contributed by atoms with Crippen LogP contribution in [0.1, 0.15) is 6.42 Å². The molecule has 13 heavy (non-hydrogen) atoms. The number of fused-ring (bicyclic) bond motifs is 1. The molecule has 0 radical (unpaired) electrons. The van der Waals surface area contributed by atoms with Crippen molar-refractivity contribution in [3.8, 4) is 0 Å². The molecular weight excluding hydrogens is 166 g/mol. The van der Waals surface area contributed by atoms with Crippen LogP contribution in [0.4, 0.5) is 0 Å². The molecule has 0 fully saturated rings. The van der Waals surface area contributed by atoms with Gasteiger partial charge in [0.2, 0.25) is 11.8 Å². The number of aliphatic imine (C=N–C) groups is 1. The summed E-state index contributed by atoms with van der Waals surface area (Å²) in [6.07, 6.45) is 7.11. The van der Waals surface area contributed by atoms with Gasteiger partial charge in [0.15, 0.2) is 0 Å². The van der Waals surface area contributed by atoms with Crippen molar-refractivity contribution in [2.75, 3.05) is 14.2 Å². The molecule has 0 atom stereocenters. The van der Waals surface area contributed by atoms with E-state index in [1.807, 2.05) is 6.08 Å². The minimum Gasteiger partial charge on any atom is -0.480 e. The molecule has 0 saturated carbocycles. The summed E-state index contributed by atoms with van der Waals surface area (Å²) in [5.41, 5.74) is 2.06. The third-order valence-corrected chi connectivity index (χ3v) is 2.08. The van der Waals surface area contributed by atoms with E-state index in [1.165, 1.54) is 0 Å². The monoisotopic (exact) mass is 177 g/mol. The van der Waals surface area contributed by atoms with Crippen molar-refractivity contribution in [1.29, 1.82) is 0 Å². The number of nitrogens with zero attached hydrogens (tertiary/aromatic N) is 1. The van der Waals surface area contributed by atoms with Crippen LogP contribution in [0.15, 0.2) is 40.2 Å². The van der Waals surface area contributed by atoms with Gasteiger partial charge in [-0.2, -0.15) is 4.99 Å². The van der Waals surface area contributed by atoms with E-state index in [2.05, 4.69) is 17.1 Å². The average molecular weight is 177 g/mol. The van der Waals surface area contributed by atoms with Crippen molar-refractivity contribution in [2.24, 2.45) is 4.99 Å². The first-order valence-electron chi connectivity index (χ1n) is 4.15.